The van der Waals surface area contributed by atoms with E-state index in [-0.39, 0.29) is 5.75 Å². The Kier molecular flexibility index (Phi) is 4.22. The molecule has 1 aliphatic heterocycles. The van der Waals surface area contributed by atoms with E-state index >= 15 is 0 Å². The van der Waals surface area contributed by atoms with Gasteiger partial charge in [-0.3, -0.25) is 0 Å². The van der Waals surface area contributed by atoms with E-state index in [2.05, 4.69) is 33.9 Å². The molecule has 4 rings (SSSR count). The Morgan fingerprint density at radius 1 is 1.00 bits per heavy atom. The molecule has 128 valence electrons. The van der Waals surface area contributed by atoms with Gasteiger partial charge in [0.25, 0.3) is 0 Å². The number of nitrogens with zero attached hydrogens (tertiary/aromatic N) is 2. The number of hydrogen-bond acceptors (Lipinski definition) is 3. The summed E-state index contributed by atoms with van der Waals surface area (Å²) in [5, 5.41) is 0.789. The lowest BCUT2D eigenvalue weighted by atomic mass is 10.0. The molecule has 1 aliphatic rings. The number of rotatable bonds is 3. The third kappa shape index (κ3) is 3.40. The predicted octanol–water partition coefficient (Wildman–Crippen LogP) is 4.79. The average molecular weight is 340 g/mol. The van der Waals surface area contributed by atoms with Crippen LogP contribution >= 0.6 is 0 Å². The Balaban J connectivity index is 1.63. The molecule has 3 aromatic rings. The minimum Gasteiger partial charge on any atom is -0.435 e. The zero-order valence-corrected chi connectivity index (χ0v) is 13.7. The normalized spacial score (nSPS) is 14.4. The van der Waals surface area contributed by atoms with Crippen LogP contribution in [-0.4, -0.2) is 18.1 Å². The lowest BCUT2D eigenvalue weighted by Gasteiger charge is -2.22. The molecule has 2 heterocycles. The van der Waals surface area contributed by atoms with Gasteiger partial charge >= 0.3 is 6.61 Å². The van der Waals surface area contributed by atoms with Crippen molar-refractivity contribution < 1.29 is 13.5 Å². The Labute approximate surface area is 144 Å². The van der Waals surface area contributed by atoms with Crippen LogP contribution in [0.5, 0.6) is 5.75 Å². The van der Waals surface area contributed by atoms with Gasteiger partial charge in [-0.2, -0.15) is 8.78 Å². The number of alkyl halides is 2. The van der Waals surface area contributed by atoms with Crippen LogP contribution in [0.1, 0.15) is 17.5 Å². The zero-order chi connectivity index (χ0) is 17.2. The van der Waals surface area contributed by atoms with E-state index in [0.717, 1.165) is 42.7 Å². The molecule has 0 spiro atoms. The van der Waals surface area contributed by atoms with Gasteiger partial charge < -0.3 is 9.64 Å². The number of benzene rings is 2. The summed E-state index contributed by atoms with van der Waals surface area (Å²) >= 11 is 0. The SMILES string of the molecule is FC(F)Oc1ccc2nc(N3CCCc4ccccc4C3)ccc2c1. The van der Waals surface area contributed by atoms with Gasteiger partial charge in [-0.15, -0.1) is 0 Å². The van der Waals surface area contributed by atoms with Gasteiger partial charge in [0.05, 0.1) is 5.52 Å². The zero-order valence-electron chi connectivity index (χ0n) is 13.7. The Morgan fingerprint density at radius 2 is 1.84 bits per heavy atom. The van der Waals surface area contributed by atoms with Crippen LogP contribution in [0.25, 0.3) is 10.9 Å². The van der Waals surface area contributed by atoms with Crippen LogP contribution < -0.4 is 9.64 Å². The molecule has 0 unspecified atom stereocenters. The van der Waals surface area contributed by atoms with Crippen molar-refractivity contribution in [2.45, 2.75) is 26.0 Å². The molecular weight excluding hydrogens is 322 g/mol. The number of ether oxygens (including phenoxy) is 1. The lowest BCUT2D eigenvalue weighted by Crippen LogP contribution is -2.23. The van der Waals surface area contributed by atoms with Gasteiger partial charge in [0, 0.05) is 18.5 Å². The van der Waals surface area contributed by atoms with E-state index in [4.69, 9.17) is 4.98 Å². The number of hydrogen-bond donors (Lipinski definition) is 0. The second-order valence-electron chi connectivity index (χ2n) is 6.20. The van der Waals surface area contributed by atoms with Gasteiger partial charge in [0.2, 0.25) is 0 Å². The van der Waals surface area contributed by atoms with Gasteiger partial charge in [-0.1, -0.05) is 24.3 Å². The molecule has 0 saturated carbocycles. The maximum atomic E-state index is 12.3. The smallest absolute Gasteiger partial charge is 0.387 e. The summed E-state index contributed by atoms with van der Waals surface area (Å²) in [6.07, 6.45) is 2.16. The molecule has 0 fully saturated rings. The molecule has 0 bridgehead atoms. The molecule has 0 amide bonds. The summed E-state index contributed by atoms with van der Waals surface area (Å²) in [6.45, 7) is -1.04. The van der Waals surface area contributed by atoms with Crippen LogP contribution in [0.15, 0.2) is 54.6 Å². The molecule has 5 heteroatoms. The van der Waals surface area contributed by atoms with Crippen LogP contribution in [0.2, 0.25) is 0 Å². The van der Waals surface area contributed by atoms with Gasteiger partial charge in [0.15, 0.2) is 0 Å². The van der Waals surface area contributed by atoms with Crippen molar-refractivity contribution in [3.05, 3.63) is 65.7 Å². The minimum atomic E-state index is -2.82. The summed E-state index contributed by atoms with van der Waals surface area (Å²) in [6, 6.07) is 17.2. The molecule has 0 atom stereocenters. The molecule has 25 heavy (non-hydrogen) atoms. The van der Waals surface area contributed by atoms with Gasteiger partial charge in [0.1, 0.15) is 11.6 Å². The van der Waals surface area contributed by atoms with E-state index in [1.165, 1.54) is 17.2 Å². The van der Waals surface area contributed by atoms with Gasteiger partial charge in [-0.25, -0.2) is 4.98 Å². The topological polar surface area (TPSA) is 25.4 Å². The van der Waals surface area contributed by atoms with Crippen molar-refractivity contribution in [3.8, 4) is 5.75 Å². The Bertz CT molecular complexity index is 898. The fourth-order valence-corrected chi connectivity index (χ4v) is 3.34. The van der Waals surface area contributed by atoms with Crippen molar-refractivity contribution in [1.82, 2.24) is 4.98 Å². The molecule has 0 N–H and O–H groups in total. The summed E-state index contributed by atoms with van der Waals surface area (Å²) in [5.74, 6) is 1.06. The molecule has 0 aliphatic carbocycles. The minimum absolute atomic E-state index is 0.153. The summed E-state index contributed by atoms with van der Waals surface area (Å²) in [4.78, 5) is 6.99. The van der Waals surface area contributed by atoms with E-state index in [1.807, 2.05) is 12.1 Å². The standard InChI is InChI=1S/C20H18F2N2O/c21-20(22)25-17-8-9-18-15(12-17)7-10-19(23-18)24-11-3-6-14-4-1-2-5-16(14)13-24/h1-2,4-5,7-10,12,20H,3,6,11,13H2. The Hall–Kier alpha value is -2.69. The quantitative estimate of drug-likeness (QED) is 0.685. The second kappa shape index (κ2) is 6.67. The van der Waals surface area contributed by atoms with Gasteiger partial charge in [-0.05, 0) is 54.3 Å². The molecular formula is C20H18F2N2O. The van der Waals surface area contributed by atoms with E-state index in [1.54, 1.807) is 12.1 Å². The van der Waals surface area contributed by atoms with E-state index in [0.29, 0.717) is 0 Å². The molecule has 0 saturated heterocycles. The molecule has 2 aromatic carbocycles. The van der Waals surface area contributed by atoms with Crippen molar-refractivity contribution in [3.63, 3.8) is 0 Å². The highest BCUT2D eigenvalue weighted by molar-refractivity contribution is 5.81. The summed E-state index contributed by atoms with van der Waals surface area (Å²) in [5.41, 5.74) is 3.51. The van der Waals surface area contributed by atoms with Crippen molar-refractivity contribution >= 4 is 16.7 Å². The van der Waals surface area contributed by atoms with Crippen LogP contribution in [0.3, 0.4) is 0 Å². The first-order valence-corrected chi connectivity index (χ1v) is 8.36. The maximum absolute atomic E-state index is 12.3. The summed E-state index contributed by atoms with van der Waals surface area (Å²) in [7, 11) is 0. The maximum Gasteiger partial charge on any atom is 0.387 e. The first-order valence-electron chi connectivity index (χ1n) is 8.36. The van der Waals surface area contributed by atoms with Crippen molar-refractivity contribution in [2.75, 3.05) is 11.4 Å². The molecule has 0 radical (unpaired) electrons. The number of pyridine rings is 1. The highest BCUT2D eigenvalue weighted by atomic mass is 19.3. The average Bonchev–Trinajstić information content (AvgIpc) is 2.83. The lowest BCUT2D eigenvalue weighted by molar-refractivity contribution is -0.0497. The molecule has 1 aromatic heterocycles. The monoisotopic (exact) mass is 340 g/mol. The number of anilines is 1. The fraction of sp³-hybridized carbons (Fsp3) is 0.250. The van der Waals surface area contributed by atoms with Crippen molar-refractivity contribution in [2.24, 2.45) is 0 Å². The second-order valence-corrected chi connectivity index (χ2v) is 6.20. The predicted molar refractivity (Wildman–Crippen MR) is 94.2 cm³/mol. The van der Waals surface area contributed by atoms with Crippen LogP contribution in [-0.2, 0) is 13.0 Å². The van der Waals surface area contributed by atoms with E-state index in [9.17, 15) is 8.78 Å². The third-order valence-electron chi connectivity index (χ3n) is 4.55. The number of halogens is 2. The number of fused-ring (bicyclic) bond motifs is 2. The largest absolute Gasteiger partial charge is 0.435 e. The summed E-state index contributed by atoms with van der Waals surface area (Å²) < 4.78 is 29.1. The first kappa shape index (κ1) is 15.8. The fourth-order valence-electron chi connectivity index (χ4n) is 3.34. The number of aryl methyl sites for hydroxylation is 1. The highest BCUT2D eigenvalue weighted by Gasteiger charge is 2.16. The highest BCUT2D eigenvalue weighted by Crippen LogP contribution is 2.26. The van der Waals surface area contributed by atoms with E-state index < -0.39 is 6.61 Å². The molecule has 3 nitrogen and oxygen atoms in total. The van der Waals surface area contributed by atoms with Crippen molar-refractivity contribution in [1.29, 1.82) is 0 Å². The third-order valence-corrected chi connectivity index (χ3v) is 4.55. The number of aromatic nitrogens is 1. The Morgan fingerprint density at radius 3 is 2.68 bits per heavy atom. The van der Waals surface area contributed by atoms with Crippen LogP contribution in [0.4, 0.5) is 14.6 Å². The van der Waals surface area contributed by atoms with Crippen LogP contribution in [0, 0.1) is 0 Å². The first-order chi connectivity index (χ1) is 12.2.